The Kier molecular flexibility index (Phi) is 8.53. The normalized spacial score (nSPS) is 11.4. The summed E-state index contributed by atoms with van der Waals surface area (Å²) in [4.78, 5) is 0. The van der Waals surface area contributed by atoms with Crippen molar-refractivity contribution in [2.24, 2.45) is 0 Å². The van der Waals surface area contributed by atoms with E-state index in [4.69, 9.17) is 4.74 Å². The summed E-state index contributed by atoms with van der Waals surface area (Å²) in [6.07, 6.45) is 13.5. The molecular formula is C29H32O. The van der Waals surface area contributed by atoms with Crippen molar-refractivity contribution in [3.05, 3.63) is 101 Å². The molecule has 0 heterocycles. The summed E-state index contributed by atoms with van der Waals surface area (Å²) in [5.41, 5.74) is 5.86. The molecule has 3 rings (SSSR count). The Balaban J connectivity index is 1.89. The van der Waals surface area contributed by atoms with Gasteiger partial charge in [0.05, 0.1) is 6.61 Å². The zero-order valence-corrected chi connectivity index (χ0v) is 18.2. The van der Waals surface area contributed by atoms with Crippen molar-refractivity contribution in [3.63, 3.8) is 0 Å². The average Bonchev–Trinajstić information content (AvgIpc) is 2.78. The van der Waals surface area contributed by atoms with E-state index in [9.17, 15) is 0 Å². The Morgan fingerprint density at radius 1 is 0.667 bits per heavy atom. The summed E-state index contributed by atoms with van der Waals surface area (Å²) in [5, 5.41) is 0. The van der Waals surface area contributed by atoms with E-state index in [0.29, 0.717) is 0 Å². The standard InChI is InChI=1S/C29H32O/c1-3-4-5-12-21-30-29-27(19-17-25-13-8-6-9-14-25)22-24(2)23-28(29)20-18-26-15-10-7-11-16-26/h6-11,13-20,22-23H,3-5,12,21H2,1-2H3/b19-17+,20-18+. The van der Waals surface area contributed by atoms with Crippen LogP contribution in [0, 0.1) is 6.92 Å². The van der Waals surface area contributed by atoms with Crippen LogP contribution in [0.5, 0.6) is 5.75 Å². The summed E-state index contributed by atoms with van der Waals surface area (Å²) in [6, 6.07) is 25.2. The molecule has 30 heavy (non-hydrogen) atoms. The van der Waals surface area contributed by atoms with Crippen molar-refractivity contribution in [3.8, 4) is 5.75 Å². The van der Waals surface area contributed by atoms with Crippen LogP contribution in [0.4, 0.5) is 0 Å². The lowest BCUT2D eigenvalue weighted by Crippen LogP contribution is -2.01. The molecule has 0 aromatic heterocycles. The van der Waals surface area contributed by atoms with Crippen molar-refractivity contribution in [1.29, 1.82) is 0 Å². The first-order valence-corrected chi connectivity index (χ1v) is 11.0. The van der Waals surface area contributed by atoms with E-state index in [1.165, 1.54) is 36.0 Å². The number of unbranched alkanes of at least 4 members (excludes halogenated alkanes) is 3. The molecule has 0 saturated heterocycles. The van der Waals surface area contributed by atoms with Gasteiger partial charge in [-0.1, -0.05) is 111 Å². The summed E-state index contributed by atoms with van der Waals surface area (Å²) < 4.78 is 6.34. The molecule has 154 valence electrons. The van der Waals surface area contributed by atoms with E-state index >= 15 is 0 Å². The molecule has 0 radical (unpaired) electrons. The summed E-state index contributed by atoms with van der Waals surface area (Å²) in [6.45, 7) is 5.13. The van der Waals surface area contributed by atoms with Crippen LogP contribution in [0.2, 0.25) is 0 Å². The van der Waals surface area contributed by atoms with Crippen molar-refractivity contribution in [2.45, 2.75) is 39.5 Å². The fourth-order valence-corrected chi connectivity index (χ4v) is 3.45. The molecule has 0 aliphatic rings. The van der Waals surface area contributed by atoms with Gasteiger partial charge in [0.1, 0.15) is 5.75 Å². The number of hydrogen-bond donors (Lipinski definition) is 0. The zero-order valence-electron chi connectivity index (χ0n) is 18.2. The second-order valence-corrected chi connectivity index (χ2v) is 7.67. The summed E-state index contributed by atoms with van der Waals surface area (Å²) in [5.74, 6) is 0.969. The van der Waals surface area contributed by atoms with Crippen molar-refractivity contribution in [2.75, 3.05) is 6.61 Å². The number of rotatable bonds is 10. The molecule has 1 heteroatoms. The molecule has 0 aliphatic carbocycles. The van der Waals surface area contributed by atoms with Crippen LogP contribution < -0.4 is 4.74 Å². The Bertz CT molecular complexity index is 882. The molecule has 0 atom stereocenters. The number of ether oxygens (including phenoxy) is 1. The van der Waals surface area contributed by atoms with E-state index < -0.39 is 0 Å². The van der Waals surface area contributed by atoms with E-state index in [2.05, 4.69) is 98.8 Å². The quantitative estimate of drug-likeness (QED) is 0.247. The van der Waals surface area contributed by atoms with Crippen LogP contribution >= 0.6 is 0 Å². The van der Waals surface area contributed by atoms with E-state index in [1.54, 1.807) is 0 Å². The molecule has 0 spiro atoms. The fourth-order valence-electron chi connectivity index (χ4n) is 3.45. The minimum absolute atomic E-state index is 0.751. The van der Waals surface area contributed by atoms with Gasteiger partial charge in [-0.05, 0) is 42.2 Å². The molecule has 0 fully saturated rings. The predicted octanol–water partition coefficient (Wildman–Crippen LogP) is 8.29. The lowest BCUT2D eigenvalue weighted by molar-refractivity contribution is 0.304. The molecule has 0 bridgehead atoms. The van der Waals surface area contributed by atoms with Gasteiger partial charge in [-0.3, -0.25) is 0 Å². The maximum absolute atomic E-state index is 6.34. The van der Waals surface area contributed by atoms with Gasteiger partial charge in [-0.25, -0.2) is 0 Å². The lowest BCUT2D eigenvalue weighted by Gasteiger charge is -2.14. The van der Waals surface area contributed by atoms with E-state index in [0.717, 1.165) is 29.9 Å². The van der Waals surface area contributed by atoms with Gasteiger partial charge < -0.3 is 4.74 Å². The highest BCUT2D eigenvalue weighted by atomic mass is 16.5. The zero-order chi connectivity index (χ0) is 21.0. The Morgan fingerprint density at radius 2 is 1.20 bits per heavy atom. The van der Waals surface area contributed by atoms with Gasteiger partial charge >= 0.3 is 0 Å². The van der Waals surface area contributed by atoms with Crippen LogP contribution in [0.15, 0.2) is 72.8 Å². The van der Waals surface area contributed by atoms with Gasteiger partial charge in [0.25, 0.3) is 0 Å². The molecule has 3 aromatic carbocycles. The molecule has 0 aliphatic heterocycles. The third kappa shape index (κ3) is 6.77. The topological polar surface area (TPSA) is 9.23 Å². The van der Waals surface area contributed by atoms with E-state index in [-0.39, 0.29) is 0 Å². The maximum atomic E-state index is 6.34. The largest absolute Gasteiger partial charge is 0.492 e. The molecule has 1 nitrogen and oxygen atoms in total. The minimum atomic E-state index is 0.751. The first-order valence-electron chi connectivity index (χ1n) is 11.0. The molecular weight excluding hydrogens is 364 g/mol. The average molecular weight is 397 g/mol. The van der Waals surface area contributed by atoms with Gasteiger partial charge in [-0.2, -0.15) is 0 Å². The summed E-state index contributed by atoms with van der Waals surface area (Å²) in [7, 11) is 0. The van der Waals surface area contributed by atoms with Crippen molar-refractivity contribution < 1.29 is 4.74 Å². The number of hydrogen-bond acceptors (Lipinski definition) is 1. The van der Waals surface area contributed by atoms with Gasteiger partial charge in [-0.15, -0.1) is 0 Å². The SMILES string of the molecule is CCCCCCOc1c(/C=C/c2ccccc2)cc(C)cc1/C=C/c1ccccc1. The lowest BCUT2D eigenvalue weighted by atomic mass is 10.0. The number of aryl methyl sites for hydroxylation is 1. The smallest absolute Gasteiger partial charge is 0.133 e. The van der Waals surface area contributed by atoms with Gasteiger partial charge in [0.2, 0.25) is 0 Å². The minimum Gasteiger partial charge on any atom is -0.492 e. The highest BCUT2D eigenvalue weighted by Gasteiger charge is 2.08. The Morgan fingerprint density at radius 3 is 1.70 bits per heavy atom. The third-order valence-corrected chi connectivity index (χ3v) is 5.04. The van der Waals surface area contributed by atoms with Gasteiger partial charge in [0.15, 0.2) is 0 Å². The van der Waals surface area contributed by atoms with Gasteiger partial charge in [0, 0.05) is 11.1 Å². The highest BCUT2D eigenvalue weighted by molar-refractivity contribution is 5.80. The Labute approximate surface area is 181 Å². The monoisotopic (exact) mass is 396 g/mol. The molecule has 0 unspecified atom stereocenters. The summed E-state index contributed by atoms with van der Waals surface area (Å²) >= 11 is 0. The highest BCUT2D eigenvalue weighted by Crippen LogP contribution is 2.30. The first kappa shape index (κ1) is 21.6. The third-order valence-electron chi connectivity index (χ3n) is 5.04. The van der Waals surface area contributed by atoms with Crippen LogP contribution in [-0.2, 0) is 0 Å². The van der Waals surface area contributed by atoms with Crippen LogP contribution in [0.25, 0.3) is 24.3 Å². The Hall–Kier alpha value is -3.06. The van der Waals surface area contributed by atoms with Crippen molar-refractivity contribution >= 4 is 24.3 Å². The van der Waals surface area contributed by atoms with E-state index in [1.807, 2.05) is 12.1 Å². The van der Waals surface area contributed by atoms with Crippen LogP contribution in [-0.4, -0.2) is 6.61 Å². The molecule has 0 amide bonds. The predicted molar refractivity (Wildman–Crippen MR) is 132 cm³/mol. The molecule has 3 aromatic rings. The van der Waals surface area contributed by atoms with Crippen molar-refractivity contribution in [1.82, 2.24) is 0 Å². The fraction of sp³-hybridized carbons (Fsp3) is 0.241. The molecule has 0 N–H and O–H groups in total. The molecule has 0 saturated carbocycles. The van der Waals surface area contributed by atoms with Crippen LogP contribution in [0.3, 0.4) is 0 Å². The first-order chi connectivity index (χ1) is 14.8. The van der Waals surface area contributed by atoms with Crippen LogP contribution in [0.1, 0.15) is 60.4 Å². The second-order valence-electron chi connectivity index (χ2n) is 7.67. The maximum Gasteiger partial charge on any atom is 0.133 e. The number of benzene rings is 3. The second kappa shape index (κ2) is 11.8.